The average Bonchev–Trinajstić information content (AvgIpc) is 2.25. The largest absolute Gasteiger partial charge is 0.112 e. The summed E-state index contributed by atoms with van der Waals surface area (Å²) in [7, 11) is 1.27. The van der Waals surface area contributed by atoms with Gasteiger partial charge in [0.15, 0.2) is 0 Å². The molecule has 12 heavy (non-hydrogen) atoms. The van der Waals surface area contributed by atoms with Crippen LogP contribution < -0.4 is 0 Å². The molecule has 4 radical (unpaired) electrons. The fourth-order valence-corrected chi connectivity index (χ4v) is 4.77. The summed E-state index contributed by atoms with van der Waals surface area (Å²) >= 11 is 18.2. The van der Waals surface area contributed by atoms with Crippen molar-refractivity contribution in [3.63, 3.8) is 0 Å². The van der Waals surface area contributed by atoms with Crippen molar-refractivity contribution in [2.75, 3.05) is 0 Å². The zero-order valence-corrected chi connectivity index (χ0v) is 11.0. The van der Waals surface area contributed by atoms with Gasteiger partial charge in [-0.1, -0.05) is 36.3 Å². The smallest absolute Gasteiger partial charge is 0.0878 e. The first kappa shape index (κ1) is 10.9. The van der Waals surface area contributed by atoms with E-state index in [0.29, 0.717) is 19.0 Å². The van der Waals surface area contributed by atoms with Crippen LogP contribution in [0.2, 0.25) is 13.1 Å². The lowest BCUT2D eigenvalue weighted by atomic mass is 10.4. The van der Waals surface area contributed by atoms with E-state index in [1.165, 1.54) is 0 Å². The molecule has 0 saturated heterocycles. The molecule has 0 amide bonds. The Morgan fingerprint density at radius 2 is 1.75 bits per heavy atom. The lowest BCUT2D eigenvalue weighted by Crippen LogP contribution is -2.04. The van der Waals surface area contributed by atoms with Gasteiger partial charge in [0, 0.05) is 10.1 Å². The first-order valence-electron chi connectivity index (χ1n) is 3.42. The van der Waals surface area contributed by atoms with E-state index in [0.717, 1.165) is 20.5 Å². The van der Waals surface area contributed by atoms with E-state index in [4.69, 9.17) is 34.8 Å². The minimum absolute atomic E-state index is 0.162. The Kier molecular flexibility index (Phi) is 3.92. The van der Waals surface area contributed by atoms with Crippen molar-refractivity contribution < 1.29 is 0 Å². The Bertz CT molecular complexity index is 257. The average molecular weight is 254 g/mol. The Morgan fingerprint density at radius 3 is 2.00 bits per heavy atom. The highest BCUT2D eigenvalue weighted by atomic mass is 35.5. The molecule has 0 aromatic heterocycles. The van der Waals surface area contributed by atoms with Crippen LogP contribution in [-0.2, 0) is 0 Å². The Hall–Kier alpha value is 0.784. The first-order valence-corrected chi connectivity index (χ1v) is 7.62. The van der Waals surface area contributed by atoms with Gasteiger partial charge in [-0.2, -0.15) is 0 Å². The van der Waals surface area contributed by atoms with Crippen LogP contribution in [0.25, 0.3) is 0 Å². The normalized spacial score (nSPS) is 24.2. The van der Waals surface area contributed by atoms with Crippen molar-refractivity contribution in [3.05, 3.63) is 20.5 Å². The lowest BCUT2D eigenvalue weighted by molar-refractivity contribution is 1.36. The van der Waals surface area contributed by atoms with Crippen LogP contribution in [0.3, 0.4) is 0 Å². The van der Waals surface area contributed by atoms with Crippen LogP contribution in [0.4, 0.5) is 0 Å². The molecule has 1 unspecified atom stereocenters. The van der Waals surface area contributed by atoms with Gasteiger partial charge in [-0.15, -0.1) is 11.6 Å². The summed E-state index contributed by atoms with van der Waals surface area (Å²) in [6.45, 7) is 4.13. The number of halogens is 3. The van der Waals surface area contributed by atoms with Crippen molar-refractivity contribution in [1.82, 2.24) is 0 Å². The molecular weight excluding hydrogens is 247 g/mol. The summed E-state index contributed by atoms with van der Waals surface area (Å²) in [5, 5.41) is 3.51. The van der Waals surface area contributed by atoms with Crippen molar-refractivity contribution in [1.29, 1.82) is 0 Å². The van der Waals surface area contributed by atoms with E-state index in [2.05, 4.69) is 13.1 Å². The van der Waals surface area contributed by atoms with E-state index >= 15 is 0 Å². The monoisotopic (exact) mass is 252 g/mol. The summed E-state index contributed by atoms with van der Waals surface area (Å²) in [6.07, 6.45) is 0. The van der Waals surface area contributed by atoms with Crippen molar-refractivity contribution in [2.45, 2.75) is 18.5 Å². The quantitative estimate of drug-likeness (QED) is 0.524. The molecule has 0 aromatic carbocycles. The van der Waals surface area contributed by atoms with Crippen molar-refractivity contribution >= 4 is 53.8 Å². The lowest BCUT2D eigenvalue weighted by Gasteiger charge is -2.03. The van der Waals surface area contributed by atoms with E-state index in [1.54, 1.807) is 0 Å². The van der Waals surface area contributed by atoms with Crippen molar-refractivity contribution in [3.8, 4) is 0 Å². The van der Waals surface area contributed by atoms with E-state index < -0.39 is 0 Å². The summed E-state index contributed by atoms with van der Waals surface area (Å²) in [4.78, 5) is 0. The Labute approximate surface area is 92.6 Å². The van der Waals surface area contributed by atoms with E-state index in [-0.39, 0.29) is 5.38 Å². The molecule has 0 heterocycles. The van der Waals surface area contributed by atoms with Gasteiger partial charge in [-0.05, 0) is 10.4 Å². The highest BCUT2D eigenvalue weighted by Gasteiger charge is 2.28. The second-order valence-corrected chi connectivity index (χ2v) is 5.57. The predicted molar refractivity (Wildman–Crippen MR) is 58.6 cm³/mol. The number of alkyl halides is 1. The molecule has 0 fully saturated rings. The fraction of sp³-hybridized carbons (Fsp3) is 0.429. The molecule has 0 bridgehead atoms. The SMILES string of the molecule is C[Si]C1=C(Cl)C(Cl)C([Si]C)=C1Cl. The zero-order valence-electron chi connectivity index (χ0n) is 6.71. The van der Waals surface area contributed by atoms with Gasteiger partial charge in [0.05, 0.1) is 24.4 Å². The molecule has 0 saturated carbocycles. The summed E-state index contributed by atoms with van der Waals surface area (Å²) < 4.78 is 0. The first-order chi connectivity index (χ1) is 5.63. The molecule has 0 spiro atoms. The summed E-state index contributed by atoms with van der Waals surface area (Å²) in [5.41, 5.74) is 0. The maximum atomic E-state index is 6.10. The Balaban J connectivity index is 3.05. The van der Waals surface area contributed by atoms with Crippen LogP contribution in [0.5, 0.6) is 0 Å². The maximum absolute atomic E-state index is 6.10. The topological polar surface area (TPSA) is 0 Å². The maximum Gasteiger partial charge on any atom is 0.0878 e. The van der Waals surface area contributed by atoms with Gasteiger partial charge in [0.2, 0.25) is 0 Å². The third kappa shape index (κ3) is 1.68. The molecule has 0 aliphatic heterocycles. The summed E-state index contributed by atoms with van der Waals surface area (Å²) in [5.74, 6) is 0. The van der Waals surface area contributed by atoms with Crippen molar-refractivity contribution in [2.24, 2.45) is 0 Å². The molecule has 0 N–H and O–H groups in total. The van der Waals surface area contributed by atoms with Crippen LogP contribution in [0.1, 0.15) is 0 Å². The standard InChI is InChI=1S/C7H7Cl3Si2/c1-11-6-3(8)4(9)7(12-2)5(6)10/h3H,1-2H3. The van der Waals surface area contributed by atoms with Gasteiger partial charge >= 0.3 is 0 Å². The number of rotatable bonds is 2. The molecule has 1 rings (SSSR count). The molecule has 1 aliphatic rings. The van der Waals surface area contributed by atoms with Gasteiger partial charge in [0.25, 0.3) is 0 Å². The van der Waals surface area contributed by atoms with Gasteiger partial charge in [-0.3, -0.25) is 0 Å². The van der Waals surface area contributed by atoms with Crippen LogP contribution in [0.15, 0.2) is 20.5 Å². The van der Waals surface area contributed by atoms with Gasteiger partial charge in [0.1, 0.15) is 0 Å². The Morgan fingerprint density at radius 1 is 1.17 bits per heavy atom. The molecule has 5 heteroatoms. The second-order valence-electron chi connectivity index (χ2n) is 2.31. The molecule has 1 atom stereocenters. The van der Waals surface area contributed by atoms with E-state index in [1.807, 2.05) is 0 Å². The highest BCUT2D eigenvalue weighted by Crippen LogP contribution is 2.39. The van der Waals surface area contributed by atoms with Crippen LogP contribution in [-0.4, -0.2) is 24.4 Å². The molecule has 1 aliphatic carbocycles. The number of allylic oxidation sites excluding steroid dienone is 4. The summed E-state index contributed by atoms with van der Waals surface area (Å²) in [6, 6.07) is 0. The molecule has 0 nitrogen and oxygen atoms in total. The third-order valence-electron chi connectivity index (χ3n) is 1.69. The van der Waals surface area contributed by atoms with Crippen LogP contribution >= 0.6 is 34.8 Å². The van der Waals surface area contributed by atoms with Gasteiger partial charge < -0.3 is 0 Å². The fourth-order valence-electron chi connectivity index (χ4n) is 1.07. The molecular formula is C7H7Cl3Si2. The molecule has 64 valence electrons. The van der Waals surface area contributed by atoms with Crippen LogP contribution in [0, 0.1) is 0 Å². The third-order valence-corrected chi connectivity index (χ3v) is 5.79. The number of hydrogen-bond acceptors (Lipinski definition) is 0. The number of hydrogen-bond donors (Lipinski definition) is 0. The zero-order chi connectivity index (χ0) is 9.30. The van der Waals surface area contributed by atoms with E-state index in [9.17, 15) is 0 Å². The van der Waals surface area contributed by atoms with Gasteiger partial charge in [-0.25, -0.2) is 0 Å². The highest BCUT2D eigenvalue weighted by molar-refractivity contribution is 6.62. The molecule has 0 aromatic rings. The minimum atomic E-state index is -0.162. The second kappa shape index (κ2) is 4.33. The predicted octanol–water partition coefficient (Wildman–Crippen LogP) is 3.01. The minimum Gasteiger partial charge on any atom is -0.112 e.